The van der Waals surface area contributed by atoms with Crippen LogP contribution in [0.25, 0.3) is 0 Å². The first-order chi connectivity index (χ1) is 7.19. The predicted octanol–water partition coefficient (Wildman–Crippen LogP) is 1.01. The molecule has 0 spiro atoms. The van der Waals surface area contributed by atoms with E-state index in [2.05, 4.69) is 51.6 Å². The highest BCUT2D eigenvalue weighted by atomic mass is 16.2. The van der Waals surface area contributed by atoms with Gasteiger partial charge in [0.25, 0.3) is 5.91 Å². The minimum absolute atomic E-state index is 0.0379. The summed E-state index contributed by atoms with van der Waals surface area (Å²) in [7, 11) is 2.13. The average molecular weight is 225 g/mol. The maximum absolute atomic E-state index is 11.3. The number of nitrogens with zero attached hydrogens (tertiary/aromatic N) is 2. The van der Waals surface area contributed by atoms with Crippen molar-refractivity contribution < 1.29 is 4.79 Å². The topological polar surface area (TPSA) is 35.6 Å². The van der Waals surface area contributed by atoms with Gasteiger partial charge in [-0.25, -0.2) is 5.01 Å². The second-order valence-electron chi connectivity index (χ2n) is 5.72. The molecule has 0 atom stereocenters. The second-order valence-corrected chi connectivity index (χ2v) is 5.72. The quantitative estimate of drug-likeness (QED) is 0.712. The number of hydrogen-bond donors (Lipinski definition) is 1. The summed E-state index contributed by atoms with van der Waals surface area (Å²) in [5.41, 5.74) is 2.93. The summed E-state index contributed by atoms with van der Waals surface area (Å²) in [6, 6.07) is 0. The highest BCUT2D eigenvalue weighted by Gasteiger charge is 2.42. The zero-order chi connectivity index (χ0) is 12.6. The maximum atomic E-state index is 11.3. The van der Waals surface area contributed by atoms with Crippen LogP contribution in [0.5, 0.6) is 0 Å². The van der Waals surface area contributed by atoms with Crippen molar-refractivity contribution in [2.75, 3.05) is 20.1 Å². The van der Waals surface area contributed by atoms with E-state index in [0.717, 1.165) is 13.1 Å². The van der Waals surface area contributed by atoms with Gasteiger partial charge < -0.3 is 0 Å². The molecule has 92 valence electrons. The summed E-state index contributed by atoms with van der Waals surface area (Å²) in [6.45, 7) is 13.8. The van der Waals surface area contributed by atoms with Crippen LogP contribution in [-0.2, 0) is 4.79 Å². The van der Waals surface area contributed by atoms with Crippen LogP contribution >= 0.6 is 0 Å². The fourth-order valence-electron chi connectivity index (χ4n) is 2.30. The van der Waals surface area contributed by atoms with Crippen molar-refractivity contribution >= 4 is 5.91 Å². The fourth-order valence-corrected chi connectivity index (χ4v) is 2.30. The molecule has 1 heterocycles. The van der Waals surface area contributed by atoms with Crippen LogP contribution in [0.3, 0.4) is 0 Å². The van der Waals surface area contributed by atoms with Crippen molar-refractivity contribution in [1.82, 2.24) is 15.3 Å². The Morgan fingerprint density at radius 2 is 1.69 bits per heavy atom. The second kappa shape index (κ2) is 4.18. The number of piperazine rings is 1. The first-order valence-electron chi connectivity index (χ1n) is 5.61. The van der Waals surface area contributed by atoms with E-state index in [4.69, 9.17) is 0 Å². The Kier molecular flexibility index (Phi) is 3.45. The zero-order valence-electron chi connectivity index (χ0n) is 11.0. The summed E-state index contributed by atoms with van der Waals surface area (Å²) < 4.78 is 0. The summed E-state index contributed by atoms with van der Waals surface area (Å²) >= 11 is 0. The highest BCUT2D eigenvalue weighted by Crippen LogP contribution is 2.29. The Balaban J connectivity index is 2.78. The molecule has 0 bridgehead atoms. The lowest BCUT2D eigenvalue weighted by atomic mass is 9.89. The number of likely N-dealkylation sites (N-methyl/N-ethyl adjacent to an activating group) is 1. The van der Waals surface area contributed by atoms with Gasteiger partial charge in [0.15, 0.2) is 0 Å². The minimum atomic E-state index is -0.142. The van der Waals surface area contributed by atoms with E-state index in [0.29, 0.717) is 0 Å². The van der Waals surface area contributed by atoms with Crippen LogP contribution in [0, 0.1) is 0 Å². The molecule has 4 heteroatoms. The predicted molar refractivity (Wildman–Crippen MR) is 65.8 cm³/mol. The lowest BCUT2D eigenvalue weighted by Crippen LogP contribution is -2.69. The van der Waals surface area contributed by atoms with Crippen molar-refractivity contribution in [1.29, 1.82) is 0 Å². The van der Waals surface area contributed by atoms with Crippen LogP contribution in [-0.4, -0.2) is 47.0 Å². The van der Waals surface area contributed by atoms with E-state index in [1.807, 2.05) is 5.01 Å². The molecule has 1 aliphatic heterocycles. The Morgan fingerprint density at radius 3 is 2.06 bits per heavy atom. The van der Waals surface area contributed by atoms with E-state index in [9.17, 15) is 4.79 Å². The molecule has 1 saturated heterocycles. The molecule has 16 heavy (non-hydrogen) atoms. The SMILES string of the molecule is C=CC(=O)NN1CC(C)(C)N(C)C(C)(C)C1. The lowest BCUT2D eigenvalue weighted by molar-refractivity contribution is -0.127. The number of amides is 1. The van der Waals surface area contributed by atoms with Gasteiger partial charge >= 0.3 is 0 Å². The molecule has 1 aliphatic rings. The zero-order valence-corrected chi connectivity index (χ0v) is 11.0. The van der Waals surface area contributed by atoms with Crippen molar-refractivity contribution in [3.63, 3.8) is 0 Å². The molecule has 1 fully saturated rings. The summed E-state index contributed by atoms with van der Waals surface area (Å²) in [6.07, 6.45) is 1.30. The molecule has 1 N–H and O–H groups in total. The van der Waals surface area contributed by atoms with Gasteiger partial charge in [-0.2, -0.15) is 0 Å². The van der Waals surface area contributed by atoms with Gasteiger partial charge in [-0.3, -0.25) is 15.1 Å². The lowest BCUT2D eigenvalue weighted by Gasteiger charge is -2.54. The molecule has 0 aromatic heterocycles. The first kappa shape index (κ1) is 13.2. The van der Waals surface area contributed by atoms with E-state index < -0.39 is 0 Å². The number of hydrazine groups is 1. The number of hydrogen-bond acceptors (Lipinski definition) is 3. The Morgan fingerprint density at radius 1 is 1.25 bits per heavy atom. The van der Waals surface area contributed by atoms with Crippen molar-refractivity contribution in [2.24, 2.45) is 0 Å². The molecule has 0 aliphatic carbocycles. The van der Waals surface area contributed by atoms with Gasteiger partial charge in [-0.05, 0) is 40.8 Å². The monoisotopic (exact) mass is 225 g/mol. The number of nitrogens with one attached hydrogen (secondary N) is 1. The largest absolute Gasteiger partial charge is 0.293 e. The third-order valence-electron chi connectivity index (χ3n) is 3.43. The van der Waals surface area contributed by atoms with Crippen LogP contribution in [0.4, 0.5) is 0 Å². The number of rotatable bonds is 2. The van der Waals surface area contributed by atoms with E-state index >= 15 is 0 Å². The van der Waals surface area contributed by atoms with Crippen molar-refractivity contribution in [3.05, 3.63) is 12.7 Å². The highest BCUT2D eigenvalue weighted by molar-refractivity contribution is 5.86. The van der Waals surface area contributed by atoms with E-state index in [-0.39, 0.29) is 17.0 Å². The first-order valence-corrected chi connectivity index (χ1v) is 5.61. The third kappa shape index (κ3) is 2.62. The molecule has 0 unspecified atom stereocenters. The molecule has 4 nitrogen and oxygen atoms in total. The Labute approximate surface area is 98.3 Å². The molecule has 0 aromatic carbocycles. The fraction of sp³-hybridized carbons (Fsp3) is 0.750. The van der Waals surface area contributed by atoms with Gasteiger partial charge in [0.2, 0.25) is 0 Å². The molecular formula is C12H23N3O. The summed E-state index contributed by atoms with van der Waals surface area (Å²) in [5, 5.41) is 1.98. The van der Waals surface area contributed by atoms with Crippen molar-refractivity contribution in [2.45, 2.75) is 38.8 Å². The Bertz CT molecular complexity index is 279. The summed E-state index contributed by atoms with van der Waals surface area (Å²) in [5.74, 6) is -0.142. The summed E-state index contributed by atoms with van der Waals surface area (Å²) in [4.78, 5) is 13.7. The van der Waals surface area contributed by atoms with Crippen LogP contribution in [0.15, 0.2) is 12.7 Å². The molecule has 0 radical (unpaired) electrons. The van der Waals surface area contributed by atoms with Gasteiger partial charge in [-0.1, -0.05) is 6.58 Å². The van der Waals surface area contributed by atoms with E-state index in [1.54, 1.807) is 0 Å². The van der Waals surface area contributed by atoms with Crippen molar-refractivity contribution in [3.8, 4) is 0 Å². The number of carbonyl (C=O) groups excluding carboxylic acids is 1. The standard InChI is InChI=1S/C12H23N3O/c1-7-10(16)13-15-8-11(2,3)14(6)12(4,5)9-15/h7H,1,8-9H2,2-6H3,(H,13,16). The molecule has 0 aromatic rings. The maximum Gasteiger partial charge on any atom is 0.257 e. The molecule has 0 saturated carbocycles. The Hall–Kier alpha value is -0.870. The third-order valence-corrected chi connectivity index (χ3v) is 3.43. The number of carbonyl (C=O) groups is 1. The van der Waals surface area contributed by atoms with Gasteiger partial charge in [-0.15, -0.1) is 0 Å². The van der Waals surface area contributed by atoms with Gasteiger partial charge in [0.05, 0.1) is 0 Å². The average Bonchev–Trinajstić information content (AvgIpc) is 2.13. The smallest absolute Gasteiger partial charge is 0.257 e. The molecule has 1 amide bonds. The van der Waals surface area contributed by atoms with Gasteiger partial charge in [0, 0.05) is 24.2 Å². The van der Waals surface area contributed by atoms with Gasteiger partial charge in [0.1, 0.15) is 0 Å². The van der Waals surface area contributed by atoms with E-state index in [1.165, 1.54) is 6.08 Å². The van der Waals surface area contributed by atoms with Crippen LogP contribution < -0.4 is 5.43 Å². The normalized spacial score (nSPS) is 25.1. The minimum Gasteiger partial charge on any atom is -0.293 e. The molecular weight excluding hydrogens is 202 g/mol. The van der Waals surface area contributed by atoms with Crippen LogP contribution in [0.2, 0.25) is 0 Å². The van der Waals surface area contributed by atoms with Crippen LogP contribution in [0.1, 0.15) is 27.7 Å². The molecule has 1 rings (SSSR count).